The van der Waals surface area contributed by atoms with Crippen LogP contribution in [0.1, 0.15) is 176 Å². The van der Waals surface area contributed by atoms with Gasteiger partial charge in [-0.1, -0.05) is 64.7 Å². The van der Waals surface area contributed by atoms with E-state index in [0.717, 1.165) is 12.0 Å². The van der Waals surface area contributed by atoms with E-state index in [-0.39, 0.29) is 49.9 Å². The van der Waals surface area contributed by atoms with Crippen molar-refractivity contribution >= 4 is 22.3 Å². The molecule has 25 heteroatoms. The lowest BCUT2D eigenvalue weighted by Crippen LogP contribution is -2.42. The van der Waals surface area contributed by atoms with Crippen molar-refractivity contribution in [1.29, 1.82) is 5.41 Å². The van der Waals surface area contributed by atoms with Crippen molar-refractivity contribution in [3.05, 3.63) is 23.3 Å². The highest BCUT2D eigenvalue weighted by atomic mass is 32.3. The zero-order valence-corrected chi connectivity index (χ0v) is 48.9. The Labute approximate surface area is 474 Å². The molecule has 0 aromatic carbocycles. The van der Waals surface area contributed by atoms with Gasteiger partial charge in [0.05, 0.1) is 73.6 Å². The molecule has 19 N–H and O–H groups in total. The number of aliphatic hydroxyl groups excluding tert-OH is 13. The summed E-state index contributed by atoms with van der Waals surface area (Å²) in [6.07, 6.45) is -7.44. The number of hydrogen-bond acceptors (Lipinski definition) is 20. The van der Waals surface area contributed by atoms with Crippen LogP contribution in [-0.2, 0) is 29.4 Å². The molecule has 0 saturated carbocycles. The average molecular weight is 1180 g/mol. The van der Waals surface area contributed by atoms with Crippen molar-refractivity contribution in [2.75, 3.05) is 13.2 Å². The van der Waals surface area contributed by atoms with Crippen molar-refractivity contribution in [1.82, 2.24) is 5.32 Å². The van der Waals surface area contributed by atoms with Crippen LogP contribution in [0.2, 0.25) is 0 Å². The van der Waals surface area contributed by atoms with Gasteiger partial charge in [0.15, 0.2) is 12.2 Å². The summed E-state index contributed by atoms with van der Waals surface area (Å²) in [6.45, 7) is 10.9. The fourth-order valence-corrected chi connectivity index (χ4v) is 10.4. The van der Waals surface area contributed by atoms with E-state index in [0.29, 0.717) is 108 Å². The first-order valence-corrected chi connectivity index (χ1v) is 30.2. The van der Waals surface area contributed by atoms with Crippen LogP contribution in [0.15, 0.2) is 23.3 Å². The van der Waals surface area contributed by atoms with E-state index in [1.807, 2.05) is 40.7 Å². The quantitative estimate of drug-likeness (QED) is 0.0331. The monoisotopic (exact) mass is 1180 g/mol. The predicted molar refractivity (Wildman–Crippen MR) is 298 cm³/mol. The van der Waals surface area contributed by atoms with E-state index < -0.39 is 133 Å². The maximum Gasteiger partial charge on any atom is 0.394 e. The lowest BCUT2D eigenvalue weighted by molar-refractivity contribution is -0.202. The molecule has 0 aromatic rings. The molecule has 24 nitrogen and oxygen atoms in total. The van der Waals surface area contributed by atoms with Crippen LogP contribution in [0.5, 0.6) is 0 Å². The zero-order valence-electron chi connectivity index (χ0n) is 48.1. The lowest BCUT2D eigenvalue weighted by Gasteiger charge is -2.34. The van der Waals surface area contributed by atoms with Crippen molar-refractivity contribution in [3.63, 3.8) is 0 Å². The molecule has 2 aliphatic heterocycles. The summed E-state index contributed by atoms with van der Waals surface area (Å²) >= 11 is 0. The molecule has 2 heterocycles. The SMILES string of the molecule is CCCCC1C(=O)OC(C(C)C(O)CCCNC(=N)N)C(C)/C=C(\C)CCCCC(O)CC(O)CC(O)CC(O)CC(O)C(O[C@H]2O[C@H](CO)[C@@H](O)[C@@H]2O)/C=C(\C)C(O)CCCC(O)CCCC(O)CCC(C)C1O.O=S(=O)(O)O. The van der Waals surface area contributed by atoms with Crippen LogP contribution in [0.25, 0.3) is 0 Å². The average Bonchev–Trinajstić information content (AvgIpc) is 3.63. The minimum absolute atomic E-state index is 0.0277. The van der Waals surface area contributed by atoms with Crippen LogP contribution >= 0.6 is 0 Å². The first-order valence-electron chi connectivity index (χ1n) is 28.8. The maximum atomic E-state index is 14.2. The Morgan fingerprint density at radius 3 is 1.88 bits per heavy atom. The van der Waals surface area contributed by atoms with Crippen LogP contribution in [0.3, 0.4) is 0 Å². The normalized spacial score (nSPS) is 37.0. The number of nitrogens with two attached hydrogens (primary N) is 1. The Hall–Kier alpha value is -2.51. The summed E-state index contributed by atoms with van der Waals surface area (Å²) in [4.78, 5) is 14.2. The predicted octanol–water partition coefficient (Wildman–Crippen LogP) is 1.80. The van der Waals surface area contributed by atoms with Crippen molar-refractivity contribution in [2.45, 2.75) is 274 Å². The number of carbonyl (C=O) groups is 1. The molecule has 0 aromatic heterocycles. The zero-order chi connectivity index (χ0) is 60.9. The first kappa shape index (κ1) is 75.5. The lowest BCUT2D eigenvalue weighted by atomic mass is 9.84. The summed E-state index contributed by atoms with van der Waals surface area (Å²) in [7, 11) is -4.67. The molecule has 0 radical (unpaired) electrons. The Morgan fingerprint density at radius 1 is 0.762 bits per heavy atom. The van der Waals surface area contributed by atoms with Crippen molar-refractivity contribution in [3.8, 4) is 0 Å². The number of unbranched alkanes of at least 4 members (excludes halogenated alkanes) is 1. The summed E-state index contributed by atoms with van der Waals surface area (Å²) in [5.41, 5.74) is 6.80. The highest BCUT2D eigenvalue weighted by Gasteiger charge is 2.45. The molecule has 1 fully saturated rings. The third kappa shape index (κ3) is 32.0. The van der Waals surface area contributed by atoms with E-state index in [4.69, 9.17) is 42.9 Å². The molecular formula is C55H105N3O21S. The molecule has 20 atom stereocenters. The second-order valence-electron chi connectivity index (χ2n) is 22.7. The highest BCUT2D eigenvalue weighted by Crippen LogP contribution is 2.32. The number of aliphatic hydroxyl groups is 13. The molecule has 2 aliphatic rings. The van der Waals surface area contributed by atoms with Gasteiger partial charge in [0, 0.05) is 24.8 Å². The molecule has 0 bridgehead atoms. The Kier molecular flexibility index (Phi) is 37.7. The highest BCUT2D eigenvalue weighted by molar-refractivity contribution is 7.79. The second kappa shape index (κ2) is 39.9. The molecule has 2 rings (SSSR count). The fraction of sp³-hybridized carbons (Fsp3) is 0.891. The third-order valence-corrected chi connectivity index (χ3v) is 15.3. The first-order chi connectivity index (χ1) is 37.4. The number of guanidine groups is 1. The van der Waals surface area contributed by atoms with Crippen LogP contribution in [-0.4, -0.2) is 207 Å². The summed E-state index contributed by atoms with van der Waals surface area (Å²) < 4.78 is 49.3. The Bertz CT molecular complexity index is 1860. The number of hydrogen-bond donors (Lipinski definition) is 18. The van der Waals surface area contributed by atoms with Gasteiger partial charge in [0.2, 0.25) is 0 Å². The second-order valence-corrected chi connectivity index (χ2v) is 23.6. The number of carbonyl (C=O) groups excluding carboxylic acids is 1. The third-order valence-electron chi connectivity index (χ3n) is 15.3. The van der Waals surface area contributed by atoms with Crippen LogP contribution in [0, 0.1) is 29.1 Å². The number of rotatable bonds is 12. The van der Waals surface area contributed by atoms with E-state index in [1.165, 1.54) is 6.08 Å². The smallest absolute Gasteiger partial charge is 0.394 e. The molecule has 0 amide bonds. The van der Waals surface area contributed by atoms with Gasteiger partial charge in [-0.15, -0.1) is 0 Å². The number of ether oxygens (including phenoxy) is 3. The minimum atomic E-state index is -4.67. The summed E-state index contributed by atoms with van der Waals surface area (Å²) in [6, 6.07) is 0. The van der Waals surface area contributed by atoms with Gasteiger partial charge in [-0.3, -0.25) is 19.3 Å². The van der Waals surface area contributed by atoms with Gasteiger partial charge in [-0.25, -0.2) is 0 Å². The van der Waals surface area contributed by atoms with Crippen molar-refractivity contribution < 1.29 is 103 Å². The van der Waals surface area contributed by atoms with Crippen molar-refractivity contribution in [2.24, 2.45) is 29.4 Å². The van der Waals surface area contributed by atoms with Gasteiger partial charge in [0.1, 0.15) is 30.5 Å². The van der Waals surface area contributed by atoms with Crippen LogP contribution < -0.4 is 11.1 Å². The number of allylic oxidation sites excluding steroid dienone is 1. The number of cyclic esters (lactones) is 1. The topological polar surface area (TPSA) is 444 Å². The molecule has 0 aliphatic carbocycles. The molecule has 16 unspecified atom stereocenters. The van der Waals surface area contributed by atoms with E-state index in [2.05, 4.69) is 5.32 Å². The molecule has 0 spiro atoms. The fourth-order valence-electron chi connectivity index (χ4n) is 10.4. The summed E-state index contributed by atoms with van der Waals surface area (Å²) in [5.74, 6) is -2.78. The standard InChI is InChI=1S/C55H103N3O17.H2O4S/c1-7-8-19-43-49(69)33(3)22-23-38(61)17-11-16-37(60)18-12-20-44(66)34(4)26-47(73-54-51(71)50(70)48(31-59)74-54)46(68)30-42(65)29-41(64)28-40(63)27-39(62)15-10-9-14-32(2)25-35(5)52(75-53(43)72)36(6)45(67)21-13-24-58-55(56)57;1-5(2,3)4/h25-26,33,35-52,54,59-71H,7-24,27-31H2,1-6H3,(H4,56,57,58);(H2,1,2,3,4)/b32-25+,34-26+;/t33?,35?,36?,37?,38?,39?,40?,41?,42?,43?,44?,45?,46?,47?,48-,49?,50-,51+,52?,54+;/m1./s1. The van der Waals surface area contributed by atoms with Gasteiger partial charge in [-0.05, 0) is 134 Å². The maximum absolute atomic E-state index is 14.2. The Morgan fingerprint density at radius 2 is 1.31 bits per heavy atom. The molecule has 80 heavy (non-hydrogen) atoms. The van der Waals surface area contributed by atoms with E-state index in [9.17, 15) is 71.2 Å². The minimum Gasteiger partial charge on any atom is -0.461 e. The molecule has 472 valence electrons. The van der Waals surface area contributed by atoms with Gasteiger partial charge >= 0.3 is 16.4 Å². The number of nitrogens with one attached hydrogen (secondary N) is 2. The van der Waals surface area contributed by atoms with Gasteiger partial charge in [-0.2, -0.15) is 8.42 Å². The molecular weight excluding hydrogens is 1070 g/mol. The van der Waals surface area contributed by atoms with Gasteiger partial charge in [0.25, 0.3) is 0 Å². The van der Waals surface area contributed by atoms with E-state index in [1.54, 1.807) is 6.92 Å². The Balaban J connectivity index is 0.00000610. The molecule has 1 saturated heterocycles. The largest absolute Gasteiger partial charge is 0.461 e. The summed E-state index contributed by atoms with van der Waals surface area (Å²) in [5, 5.41) is 151. The van der Waals surface area contributed by atoms with Gasteiger partial charge < -0.3 is 91.6 Å². The van der Waals surface area contributed by atoms with Crippen LogP contribution in [0.4, 0.5) is 0 Å². The van der Waals surface area contributed by atoms with E-state index >= 15 is 0 Å². The number of esters is 1.